The molecule has 6 heteroatoms. The van der Waals surface area contributed by atoms with E-state index in [4.69, 9.17) is 14.6 Å². The summed E-state index contributed by atoms with van der Waals surface area (Å²) in [5.74, 6) is -1.04. The van der Waals surface area contributed by atoms with Gasteiger partial charge in [0.15, 0.2) is 6.04 Å². The van der Waals surface area contributed by atoms with Crippen LogP contribution in [0.15, 0.2) is 0 Å². The van der Waals surface area contributed by atoms with Crippen molar-refractivity contribution in [3.8, 4) is 0 Å². The fourth-order valence-corrected chi connectivity index (χ4v) is 1.06. The number of amides is 1. The molecule has 17 heavy (non-hydrogen) atoms. The van der Waals surface area contributed by atoms with Crippen LogP contribution in [0.3, 0.4) is 0 Å². The predicted molar refractivity (Wildman–Crippen MR) is 61.7 cm³/mol. The van der Waals surface area contributed by atoms with Gasteiger partial charge >= 0.3 is 5.97 Å². The number of carboxylic acids is 1. The molecule has 1 atom stereocenters. The Morgan fingerprint density at radius 1 is 1.18 bits per heavy atom. The number of hydrogen-bond donors (Lipinski definition) is 2. The molecule has 0 saturated heterocycles. The summed E-state index contributed by atoms with van der Waals surface area (Å²) in [6.45, 7) is 6.68. The Hall–Kier alpha value is -1.14. The van der Waals surface area contributed by atoms with Gasteiger partial charge in [0.1, 0.15) is 0 Å². The molecule has 0 radical (unpaired) electrons. The van der Waals surface area contributed by atoms with Crippen molar-refractivity contribution < 1.29 is 24.2 Å². The number of rotatable bonds is 9. The van der Waals surface area contributed by atoms with Crippen molar-refractivity contribution in [3.63, 3.8) is 0 Å². The Morgan fingerprint density at radius 2 is 1.71 bits per heavy atom. The highest BCUT2D eigenvalue weighted by atomic mass is 16.5. The molecular weight excluding hydrogens is 226 g/mol. The standard InChI is InChI=1S/C11H21NO5/c1-8(2)6-16-4-5-17-7-10(11(14)15)12-9(3)13/h8,10H,4-7H2,1-3H3,(H,12,13)(H,14,15). The van der Waals surface area contributed by atoms with Crippen molar-refractivity contribution in [1.82, 2.24) is 5.32 Å². The third-order valence-electron chi connectivity index (χ3n) is 1.78. The van der Waals surface area contributed by atoms with Crippen LogP contribution < -0.4 is 5.32 Å². The number of hydrogen-bond acceptors (Lipinski definition) is 4. The lowest BCUT2D eigenvalue weighted by atomic mass is 10.2. The van der Waals surface area contributed by atoms with Crippen LogP contribution in [0.2, 0.25) is 0 Å². The maximum Gasteiger partial charge on any atom is 0.328 e. The van der Waals surface area contributed by atoms with E-state index in [0.717, 1.165) is 0 Å². The van der Waals surface area contributed by atoms with Crippen LogP contribution in [-0.4, -0.2) is 49.5 Å². The Bertz CT molecular complexity index is 242. The van der Waals surface area contributed by atoms with Gasteiger partial charge in [-0.05, 0) is 5.92 Å². The second-order valence-electron chi connectivity index (χ2n) is 4.14. The number of nitrogens with one attached hydrogen (secondary N) is 1. The van der Waals surface area contributed by atoms with Gasteiger partial charge in [0.05, 0.1) is 19.8 Å². The van der Waals surface area contributed by atoms with Crippen LogP contribution in [0.1, 0.15) is 20.8 Å². The monoisotopic (exact) mass is 247 g/mol. The first-order chi connectivity index (χ1) is 7.93. The highest BCUT2D eigenvalue weighted by molar-refractivity contribution is 5.82. The third kappa shape index (κ3) is 9.77. The largest absolute Gasteiger partial charge is 0.480 e. The van der Waals surface area contributed by atoms with E-state index in [9.17, 15) is 9.59 Å². The van der Waals surface area contributed by atoms with E-state index in [1.165, 1.54) is 6.92 Å². The number of carboxylic acid groups (broad SMARTS) is 1. The SMILES string of the molecule is CC(=O)NC(COCCOCC(C)C)C(=O)O. The number of aliphatic carboxylic acids is 1. The lowest BCUT2D eigenvalue weighted by Gasteiger charge is -2.13. The maximum absolute atomic E-state index is 10.7. The van der Waals surface area contributed by atoms with E-state index in [1.54, 1.807) is 0 Å². The molecule has 6 nitrogen and oxygen atoms in total. The Balaban J connectivity index is 3.61. The molecule has 0 aliphatic carbocycles. The molecule has 0 aliphatic heterocycles. The fourth-order valence-electron chi connectivity index (χ4n) is 1.06. The van der Waals surface area contributed by atoms with Crippen LogP contribution in [0.25, 0.3) is 0 Å². The van der Waals surface area contributed by atoms with Gasteiger partial charge in [0.25, 0.3) is 0 Å². The minimum absolute atomic E-state index is 0.0556. The fraction of sp³-hybridized carbons (Fsp3) is 0.818. The van der Waals surface area contributed by atoms with E-state index >= 15 is 0 Å². The van der Waals surface area contributed by atoms with Crippen molar-refractivity contribution >= 4 is 11.9 Å². The third-order valence-corrected chi connectivity index (χ3v) is 1.78. The normalized spacial score (nSPS) is 12.5. The average molecular weight is 247 g/mol. The summed E-state index contributed by atoms with van der Waals surface area (Å²) in [5.41, 5.74) is 0. The summed E-state index contributed by atoms with van der Waals surface area (Å²) in [4.78, 5) is 21.4. The molecule has 2 N–H and O–H groups in total. The molecule has 0 fully saturated rings. The minimum Gasteiger partial charge on any atom is -0.480 e. The highest BCUT2D eigenvalue weighted by Gasteiger charge is 2.18. The lowest BCUT2D eigenvalue weighted by molar-refractivity contribution is -0.143. The van der Waals surface area contributed by atoms with Crippen molar-refractivity contribution in [2.24, 2.45) is 5.92 Å². The van der Waals surface area contributed by atoms with Gasteiger partial charge in [-0.25, -0.2) is 4.79 Å². The molecule has 0 aliphatic rings. The Kier molecular flexibility index (Phi) is 8.35. The van der Waals surface area contributed by atoms with Gasteiger partial charge < -0.3 is 19.9 Å². The van der Waals surface area contributed by atoms with Crippen molar-refractivity contribution in [3.05, 3.63) is 0 Å². The van der Waals surface area contributed by atoms with Crippen molar-refractivity contribution in [1.29, 1.82) is 0 Å². The zero-order chi connectivity index (χ0) is 13.3. The molecule has 0 aromatic heterocycles. The second kappa shape index (κ2) is 8.95. The predicted octanol–water partition coefficient (Wildman–Crippen LogP) is 0.265. The van der Waals surface area contributed by atoms with Crippen LogP contribution in [-0.2, 0) is 19.1 Å². The van der Waals surface area contributed by atoms with Crippen LogP contribution in [0, 0.1) is 5.92 Å². The molecule has 0 saturated carbocycles. The van der Waals surface area contributed by atoms with Gasteiger partial charge in [-0.3, -0.25) is 4.79 Å². The van der Waals surface area contributed by atoms with Gasteiger partial charge in [-0.1, -0.05) is 13.8 Å². The molecule has 0 heterocycles. The summed E-state index contributed by atoms with van der Waals surface area (Å²) < 4.78 is 10.4. The summed E-state index contributed by atoms with van der Waals surface area (Å²) in [6, 6.07) is -1.00. The van der Waals surface area contributed by atoms with E-state index in [0.29, 0.717) is 25.7 Å². The first kappa shape index (κ1) is 15.9. The molecule has 0 bridgehead atoms. The molecular formula is C11H21NO5. The smallest absolute Gasteiger partial charge is 0.328 e. The van der Waals surface area contributed by atoms with Gasteiger partial charge in [0, 0.05) is 13.5 Å². The first-order valence-electron chi connectivity index (χ1n) is 5.59. The first-order valence-corrected chi connectivity index (χ1v) is 5.59. The number of ether oxygens (including phenoxy) is 2. The van der Waals surface area contributed by atoms with Crippen LogP contribution >= 0.6 is 0 Å². The number of carbonyl (C=O) groups is 2. The molecule has 0 spiro atoms. The molecule has 1 unspecified atom stereocenters. The highest BCUT2D eigenvalue weighted by Crippen LogP contribution is 1.93. The van der Waals surface area contributed by atoms with Crippen molar-refractivity contribution in [2.75, 3.05) is 26.4 Å². The minimum atomic E-state index is -1.11. The Morgan fingerprint density at radius 3 is 2.12 bits per heavy atom. The topological polar surface area (TPSA) is 84.9 Å². The van der Waals surface area contributed by atoms with E-state index < -0.39 is 17.9 Å². The molecule has 1 amide bonds. The Labute approximate surface area is 101 Å². The molecule has 0 aromatic rings. The van der Waals surface area contributed by atoms with Gasteiger partial charge in [0.2, 0.25) is 5.91 Å². The second-order valence-corrected chi connectivity index (χ2v) is 4.14. The summed E-state index contributed by atoms with van der Waals surface area (Å²) in [5, 5.41) is 11.1. The van der Waals surface area contributed by atoms with Crippen LogP contribution in [0.5, 0.6) is 0 Å². The van der Waals surface area contributed by atoms with E-state index in [-0.39, 0.29) is 6.61 Å². The van der Waals surface area contributed by atoms with E-state index in [2.05, 4.69) is 5.32 Å². The maximum atomic E-state index is 10.7. The van der Waals surface area contributed by atoms with Crippen molar-refractivity contribution in [2.45, 2.75) is 26.8 Å². The molecule has 100 valence electrons. The lowest BCUT2D eigenvalue weighted by Crippen LogP contribution is -2.43. The summed E-state index contributed by atoms with van der Waals surface area (Å²) >= 11 is 0. The number of carbonyl (C=O) groups excluding carboxylic acids is 1. The zero-order valence-electron chi connectivity index (χ0n) is 10.6. The average Bonchev–Trinajstić information content (AvgIpc) is 2.20. The zero-order valence-corrected chi connectivity index (χ0v) is 10.6. The quantitative estimate of drug-likeness (QED) is 0.571. The van der Waals surface area contributed by atoms with Gasteiger partial charge in [-0.15, -0.1) is 0 Å². The summed E-state index contributed by atoms with van der Waals surface area (Å²) in [7, 11) is 0. The summed E-state index contributed by atoms with van der Waals surface area (Å²) in [6.07, 6.45) is 0. The molecule has 0 aromatic carbocycles. The van der Waals surface area contributed by atoms with E-state index in [1.807, 2.05) is 13.8 Å². The molecule has 0 rings (SSSR count). The van der Waals surface area contributed by atoms with Gasteiger partial charge in [-0.2, -0.15) is 0 Å². The van der Waals surface area contributed by atoms with Crippen LogP contribution in [0.4, 0.5) is 0 Å².